The Bertz CT molecular complexity index is 538. The van der Waals surface area contributed by atoms with E-state index in [4.69, 9.17) is 5.84 Å². The number of hydrazine groups is 1. The molecule has 0 amide bonds. The summed E-state index contributed by atoms with van der Waals surface area (Å²) in [7, 11) is -3.87. The molecule has 0 saturated carbocycles. The summed E-state index contributed by atoms with van der Waals surface area (Å²) < 4.78 is 22.8. The molecular weight excluding hydrogens is 234 g/mol. The summed E-state index contributed by atoms with van der Waals surface area (Å²) in [5.41, 5.74) is 0.706. The van der Waals surface area contributed by atoms with Crippen molar-refractivity contribution in [1.82, 2.24) is 4.83 Å². The zero-order chi connectivity index (χ0) is 12.5. The summed E-state index contributed by atoms with van der Waals surface area (Å²) in [6.45, 7) is 3.15. The van der Waals surface area contributed by atoms with E-state index in [-0.39, 0.29) is 10.6 Å². The maximum atomic E-state index is 11.4. The van der Waals surface area contributed by atoms with Crippen LogP contribution in [0.2, 0.25) is 0 Å². The molecule has 0 aliphatic heterocycles. The van der Waals surface area contributed by atoms with Gasteiger partial charge in [-0.25, -0.2) is 8.42 Å². The largest absolute Gasteiger partial charge is 0.273 e. The molecule has 88 valence electrons. The quantitative estimate of drug-likeness (QED) is 0.453. The summed E-state index contributed by atoms with van der Waals surface area (Å²) in [6.07, 6.45) is 0. The Hall–Kier alpha value is -1.51. The fraction of sp³-hybridized carbons (Fsp3) is 0.250. The van der Waals surface area contributed by atoms with Gasteiger partial charge in [0.25, 0.3) is 15.7 Å². The Morgan fingerprint density at radius 3 is 2.38 bits per heavy atom. The molecule has 1 rings (SSSR count). The minimum Gasteiger partial charge on any atom is -0.258 e. The van der Waals surface area contributed by atoms with Gasteiger partial charge in [-0.2, -0.15) is 4.83 Å². The third-order valence-corrected chi connectivity index (χ3v) is 3.44. The minimum absolute atomic E-state index is 0.218. The predicted molar refractivity (Wildman–Crippen MR) is 57.1 cm³/mol. The van der Waals surface area contributed by atoms with Crippen molar-refractivity contribution in [3.05, 3.63) is 33.4 Å². The maximum Gasteiger partial charge on any atom is 0.273 e. The molecule has 0 aliphatic carbocycles. The summed E-state index contributed by atoms with van der Waals surface area (Å²) in [4.78, 5) is 11.5. The second kappa shape index (κ2) is 4.16. The summed E-state index contributed by atoms with van der Waals surface area (Å²) in [6, 6.07) is 2.31. The number of nitro groups is 1. The third-order valence-electron chi connectivity index (χ3n) is 2.28. The second-order valence-electron chi connectivity index (χ2n) is 3.26. The van der Waals surface area contributed by atoms with Crippen LogP contribution >= 0.6 is 0 Å². The molecule has 8 heteroatoms. The first-order valence-electron chi connectivity index (χ1n) is 4.27. The number of benzene rings is 1. The molecule has 0 aliphatic rings. The average molecular weight is 245 g/mol. The van der Waals surface area contributed by atoms with Gasteiger partial charge in [0.05, 0.1) is 9.82 Å². The molecule has 1 aromatic rings. The number of aryl methyl sites for hydroxylation is 1. The molecule has 16 heavy (non-hydrogen) atoms. The van der Waals surface area contributed by atoms with E-state index in [1.54, 1.807) is 18.7 Å². The van der Waals surface area contributed by atoms with E-state index in [1.165, 1.54) is 6.07 Å². The maximum absolute atomic E-state index is 11.4. The van der Waals surface area contributed by atoms with Crippen molar-refractivity contribution in [2.75, 3.05) is 0 Å². The number of sulfonamides is 1. The molecule has 3 N–H and O–H groups in total. The summed E-state index contributed by atoms with van der Waals surface area (Å²) in [5, 5.41) is 10.7. The number of hydrogen-bond acceptors (Lipinski definition) is 5. The van der Waals surface area contributed by atoms with Crippen LogP contribution in [0.15, 0.2) is 17.0 Å². The van der Waals surface area contributed by atoms with Gasteiger partial charge in [0.15, 0.2) is 0 Å². The lowest BCUT2D eigenvalue weighted by Gasteiger charge is -2.06. The molecule has 0 saturated heterocycles. The molecule has 7 nitrogen and oxygen atoms in total. The number of nitrogens with zero attached hydrogens (tertiary/aromatic N) is 1. The molecule has 1 aromatic carbocycles. The summed E-state index contributed by atoms with van der Waals surface area (Å²) >= 11 is 0. The molecule has 0 fully saturated rings. The molecule has 0 unspecified atom stereocenters. The Labute approximate surface area is 92.4 Å². The van der Waals surface area contributed by atoms with Gasteiger partial charge in [0.2, 0.25) is 0 Å². The molecule has 0 spiro atoms. The normalized spacial score (nSPS) is 11.4. The fourth-order valence-electron chi connectivity index (χ4n) is 1.22. The Kier molecular flexibility index (Phi) is 3.27. The van der Waals surface area contributed by atoms with Gasteiger partial charge < -0.3 is 0 Å². The van der Waals surface area contributed by atoms with E-state index < -0.39 is 14.9 Å². The zero-order valence-electron chi connectivity index (χ0n) is 8.72. The number of rotatable bonds is 3. The predicted octanol–water partition coefficient (Wildman–Crippen LogP) is 0.364. The van der Waals surface area contributed by atoms with Crippen molar-refractivity contribution in [3.8, 4) is 0 Å². The summed E-state index contributed by atoms with van der Waals surface area (Å²) in [5.74, 6) is 4.84. The van der Waals surface area contributed by atoms with Gasteiger partial charge in [-0.05, 0) is 25.5 Å². The Morgan fingerprint density at radius 1 is 1.38 bits per heavy atom. The van der Waals surface area contributed by atoms with Gasteiger partial charge >= 0.3 is 0 Å². The van der Waals surface area contributed by atoms with E-state index in [2.05, 4.69) is 0 Å². The van der Waals surface area contributed by atoms with Crippen LogP contribution in [0.3, 0.4) is 0 Å². The van der Waals surface area contributed by atoms with Crippen LogP contribution in [-0.4, -0.2) is 13.3 Å². The lowest BCUT2D eigenvalue weighted by Crippen LogP contribution is -2.30. The first kappa shape index (κ1) is 12.6. The van der Waals surface area contributed by atoms with Crippen LogP contribution in [0, 0.1) is 24.0 Å². The monoisotopic (exact) mass is 245 g/mol. The number of nitrogens with one attached hydrogen (secondary N) is 1. The first-order chi connectivity index (χ1) is 7.29. The van der Waals surface area contributed by atoms with E-state index in [1.807, 2.05) is 0 Å². The number of nitrogens with two attached hydrogens (primary N) is 1. The lowest BCUT2D eigenvalue weighted by atomic mass is 10.1. The standard InChI is InChI=1S/C8H11N3O4S/c1-5-3-7(16(14,15)10-9)4-8(6(5)2)11(12)13/h3-4,10H,9H2,1-2H3. The molecule has 0 aromatic heterocycles. The van der Waals surface area contributed by atoms with Crippen molar-refractivity contribution in [2.24, 2.45) is 5.84 Å². The lowest BCUT2D eigenvalue weighted by molar-refractivity contribution is -0.385. The molecule has 0 heterocycles. The average Bonchev–Trinajstić information content (AvgIpc) is 2.21. The van der Waals surface area contributed by atoms with E-state index in [0.717, 1.165) is 6.07 Å². The van der Waals surface area contributed by atoms with Crippen molar-refractivity contribution >= 4 is 15.7 Å². The van der Waals surface area contributed by atoms with Gasteiger partial charge in [-0.15, -0.1) is 0 Å². The second-order valence-corrected chi connectivity index (χ2v) is 4.98. The topological polar surface area (TPSA) is 115 Å². The molecule has 0 bridgehead atoms. The van der Waals surface area contributed by atoms with E-state index in [0.29, 0.717) is 11.1 Å². The SMILES string of the molecule is Cc1cc(S(=O)(=O)NN)cc([N+](=O)[O-])c1C. The smallest absolute Gasteiger partial charge is 0.258 e. The van der Waals surface area contributed by atoms with Crippen molar-refractivity contribution in [2.45, 2.75) is 18.7 Å². The highest BCUT2D eigenvalue weighted by molar-refractivity contribution is 7.89. The van der Waals surface area contributed by atoms with Crippen LogP contribution in [0.5, 0.6) is 0 Å². The van der Waals surface area contributed by atoms with Crippen molar-refractivity contribution in [3.63, 3.8) is 0 Å². The van der Waals surface area contributed by atoms with Gasteiger partial charge in [0.1, 0.15) is 0 Å². The Balaban J connectivity index is 3.53. The molecular formula is C8H11N3O4S. The molecule has 0 atom stereocenters. The van der Waals surface area contributed by atoms with Gasteiger partial charge in [0, 0.05) is 11.6 Å². The van der Waals surface area contributed by atoms with Crippen molar-refractivity contribution in [1.29, 1.82) is 0 Å². The van der Waals surface area contributed by atoms with Crippen LogP contribution in [0.4, 0.5) is 5.69 Å². The number of hydrogen-bond donors (Lipinski definition) is 2. The Morgan fingerprint density at radius 2 is 1.94 bits per heavy atom. The fourth-order valence-corrected chi connectivity index (χ4v) is 1.96. The highest BCUT2D eigenvalue weighted by Crippen LogP contribution is 2.25. The highest BCUT2D eigenvalue weighted by atomic mass is 32.2. The third kappa shape index (κ3) is 2.18. The highest BCUT2D eigenvalue weighted by Gasteiger charge is 2.20. The van der Waals surface area contributed by atoms with Gasteiger partial charge in [-0.1, -0.05) is 0 Å². The molecule has 0 radical (unpaired) electrons. The minimum atomic E-state index is -3.87. The van der Waals surface area contributed by atoms with Crippen LogP contribution in [-0.2, 0) is 10.0 Å². The van der Waals surface area contributed by atoms with Gasteiger partial charge in [-0.3, -0.25) is 16.0 Å². The zero-order valence-corrected chi connectivity index (χ0v) is 9.54. The van der Waals surface area contributed by atoms with Crippen molar-refractivity contribution < 1.29 is 13.3 Å². The first-order valence-corrected chi connectivity index (χ1v) is 5.76. The number of nitro benzene ring substituents is 1. The van der Waals surface area contributed by atoms with Crippen LogP contribution in [0.25, 0.3) is 0 Å². The van der Waals surface area contributed by atoms with E-state index in [9.17, 15) is 18.5 Å². The van der Waals surface area contributed by atoms with E-state index >= 15 is 0 Å². The van der Waals surface area contributed by atoms with Crippen LogP contribution < -0.4 is 10.7 Å². The van der Waals surface area contributed by atoms with Crippen LogP contribution in [0.1, 0.15) is 11.1 Å².